The molecule has 21 heavy (non-hydrogen) atoms. The number of carbonyl (C=O) groups excluding carboxylic acids is 1. The van der Waals surface area contributed by atoms with Gasteiger partial charge in [0.25, 0.3) is 5.91 Å². The van der Waals surface area contributed by atoms with Crippen molar-refractivity contribution in [1.29, 1.82) is 0 Å². The van der Waals surface area contributed by atoms with E-state index in [-0.39, 0.29) is 5.91 Å². The fourth-order valence-corrected chi connectivity index (χ4v) is 2.30. The van der Waals surface area contributed by atoms with Crippen LogP contribution in [0.2, 0.25) is 0 Å². The van der Waals surface area contributed by atoms with E-state index < -0.39 is 6.10 Å². The van der Waals surface area contributed by atoms with Gasteiger partial charge < -0.3 is 24.4 Å². The molecule has 0 aromatic heterocycles. The van der Waals surface area contributed by atoms with Crippen molar-refractivity contribution in [2.75, 3.05) is 40.4 Å². The van der Waals surface area contributed by atoms with Gasteiger partial charge in [-0.3, -0.25) is 4.79 Å². The van der Waals surface area contributed by atoms with Crippen LogP contribution in [0, 0.1) is 0 Å². The molecule has 6 heteroatoms. The highest BCUT2D eigenvalue weighted by molar-refractivity contribution is 5.81. The minimum absolute atomic E-state index is 0.0236. The summed E-state index contributed by atoms with van der Waals surface area (Å²) in [4.78, 5) is 14.2. The number of rotatable bonds is 5. The van der Waals surface area contributed by atoms with Gasteiger partial charge in [0.2, 0.25) is 5.75 Å². The lowest BCUT2D eigenvalue weighted by Crippen LogP contribution is -2.50. The minimum atomic E-state index is -0.590. The van der Waals surface area contributed by atoms with Crippen molar-refractivity contribution in [1.82, 2.24) is 10.2 Å². The Labute approximate surface area is 125 Å². The summed E-state index contributed by atoms with van der Waals surface area (Å²) in [5.74, 6) is 1.53. The molecule has 116 valence electrons. The maximum absolute atomic E-state index is 12.4. The zero-order chi connectivity index (χ0) is 15.2. The van der Waals surface area contributed by atoms with E-state index in [1.807, 2.05) is 11.0 Å². The Hall–Kier alpha value is -1.95. The van der Waals surface area contributed by atoms with Crippen molar-refractivity contribution in [3.8, 4) is 17.2 Å². The topological polar surface area (TPSA) is 60.0 Å². The second kappa shape index (κ2) is 7.17. The fourth-order valence-electron chi connectivity index (χ4n) is 2.30. The number of para-hydroxylation sites is 1. The minimum Gasteiger partial charge on any atom is -0.493 e. The number of piperazine rings is 1. The van der Waals surface area contributed by atoms with Crippen LogP contribution < -0.4 is 19.5 Å². The second-order valence-electron chi connectivity index (χ2n) is 4.83. The Morgan fingerprint density at radius 1 is 1.19 bits per heavy atom. The number of ether oxygens (including phenoxy) is 3. The van der Waals surface area contributed by atoms with Gasteiger partial charge in [0.15, 0.2) is 17.6 Å². The number of carbonyl (C=O) groups is 1. The molecular formula is C15H22N2O4. The maximum Gasteiger partial charge on any atom is 0.263 e. The quantitative estimate of drug-likeness (QED) is 0.874. The van der Waals surface area contributed by atoms with Gasteiger partial charge >= 0.3 is 0 Å². The largest absolute Gasteiger partial charge is 0.493 e. The normalized spacial score (nSPS) is 16.2. The lowest BCUT2D eigenvalue weighted by atomic mass is 10.2. The van der Waals surface area contributed by atoms with Gasteiger partial charge in [0.1, 0.15) is 0 Å². The highest BCUT2D eigenvalue weighted by Crippen LogP contribution is 2.37. The molecule has 1 aromatic rings. The monoisotopic (exact) mass is 294 g/mol. The molecule has 0 saturated carbocycles. The summed E-state index contributed by atoms with van der Waals surface area (Å²) in [6.45, 7) is 4.79. The van der Waals surface area contributed by atoms with Gasteiger partial charge in [-0.25, -0.2) is 0 Å². The van der Waals surface area contributed by atoms with Gasteiger partial charge in [-0.1, -0.05) is 6.07 Å². The molecule has 1 atom stereocenters. The highest BCUT2D eigenvalue weighted by Gasteiger charge is 2.25. The predicted molar refractivity (Wildman–Crippen MR) is 79.1 cm³/mol. The predicted octanol–water partition coefficient (Wildman–Crippen LogP) is 0.903. The molecule has 1 unspecified atom stereocenters. The highest BCUT2D eigenvalue weighted by atomic mass is 16.5. The van der Waals surface area contributed by atoms with Gasteiger partial charge in [-0.15, -0.1) is 0 Å². The number of hydrogen-bond acceptors (Lipinski definition) is 5. The van der Waals surface area contributed by atoms with Crippen LogP contribution in [0.1, 0.15) is 6.92 Å². The number of benzene rings is 1. The first-order chi connectivity index (χ1) is 10.2. The summed E-state index contributed by atoms with van der Waals surface area (Å²) in [5, 5.41) is 3.22. The lowest BCUT2D eigenvalue weighted by molar-refractivity contribution is -0.138. The Balaban J connectivity index is 2.11. The first kappa shape index (κ1) is 15.4. The summed E-state index contributed by atoms with van der Waals surface area (Å²) in [6.07, 6.45) is -0.590. The molecule has 0 radical (unpaired) electrons. The number of nitrogens with one attached hydrogen (secondary N) is 1. The summed E-state index contributed by atoms with van der Waals surface area (Å²) in [5.41, 5.74) is 0. The average Bonchev–Trinajstić information content (AvgIpc) is 2.55. The molecular weight excluding hydrogens is 272 g/mol. The van der Waals surface area contributed by atoms with Crippen LogP contribution in [0.3, 0.4) is 0 Å². The Morgan fingerprint density at radius 3 is 2.29 bits per heavy atom. The Bertz CT molecular complexity index is 464. The van der Waals surface area contributed by atoms with Gasteiger partial charge in [-0.2, -0.15) is 0 Å². The van der Waals surface area contributed by atoms with Crippen molar-refractivity contribution >= 4 is 5.91 Å². The molecule has 1 fully saturated rings. The number of hydrogen-bond donors (Lipinski definition) is 1. The maximum atomic E-state index is 12.4. The van der Waals surface area contributed by atoms with Gasteiger partial charge in [0, 0.05) is 26.2 Å². The lowest BCUT2D eigenvalue weighted by Gasteiger charge is -2.30. The fraction of sp³-hybridized carbons (Fsp3) is 0.533. The molecule has 0 aliphatic carbocycles. The molecule has 0 bridgehead atoms. The van der Waals surface area contributed by atoms with Crippen LogP contribution >= 0.6 is 0 Å². The van der Waals surface area contributed by atoms with E-state index in [1.165, 1.54) is 0 Å². The van der Waals surface area contributed by atoms with Crippen LogP contribution in [0.15, 0.2) is 18.2 Å². The Morgan fingerprint density at radius 2 is 1.76 bits per heavy atom. The van der Waals surface area contributed by atoms with E-state index in [2.05, 4.69) is 5.32 Å². The molecule has 1 amide bonds. The van der Waals surface area contributed by atoms with Crippen molar-refractivity contribution in [3.63, 3.8) is 0 Å². The van der Waals surface area contributed by atoms with Crippen molar-refractivity contribution in [2.45, 2.75) is 13.0 Å². The van der Waals surface area contributed by atoms with E-state index in [0.29, 0.717) is 30.3 Å². The van der Waals surface area contributed by atoms with Crippen LogP contribution in [0.5, 0.6) is 17.2 Å². The summed E-state index contributed by atoms with van der Waals surface area (Å²) < 4.78 is 16.4. The van der Waals surface area contributed by atoms with Gasteiger partial charge in [0.05, 0.1) is 14.2 Å². The third-order valence-electron chi connectivity index (χ3n) is 3.45. The van der Waals surface area contributed by atoms with E-state index in [0.717, 1.165) is 13.1 Å². The average molecular weight is 294 g/mol. The molecule has 1 aromatic carbocycles. The molecule has 1 N–H and O–H groups in total. The van der Waals surface area contributed by atoms with E-state index in [1.54, 1.807) is 33.3 Å². The van der Waals surface area contributed by atoms with Crippen molar-refractivity contribution in [3.05, 3.63) is 18.2 Å². The zero-order valence-electron chi connectivity index (χ0n) is 12.7. The van der Waals surface area contributed by atoms with Crippen LogP contribution in [-0.4, -0.2) is 57.3 Å². The van der Waals surface area contributed by atoms with Crippen molar-refractivity contribution < 1.29 is 19.0 Å². The van der Waals surface area contributed by atoms with Crippen LogP contribution in [-0.2, 0) is 4.79 Å². The van der Waals surface area contributed by atoms with Crippen LogP contribution in [0.4, 0.5) is 0 Å². The zero-order valence-corrected chi connectivity index (χ0v) is 12.7. The molecule has 1 heterocycles. The second-order valence-corrected chi connectivity index (χ2v) is 4.83. The van der Waals surface area contributed by atoms with Gasteiger partial charge in [-0.05, 0) is 19.1 Å². The molecule has 1 aliphatic rings. The van der Waals surface area contributed by atoms with Crippen molar-refractivity contribution in [2.24, 2.45) is 0 Å². The van der Waals surface area contributed by atoms with E-state index in [4.69, 9.17) is 14.2 Å². The smallest absolute Gasteiger partial charge is 0.263 e. The standard InChI is InChI=1S/C15H22N2O4/c1-11(15(18)17-9-7-16-8-10-17)21-14-12(19-2)5-4-6-13(14)20-3/h4-6,11,16H,7-10H2,1-3H3. The Kier molecular flexibility index (Phi) is 5.27. The summed E-state index contributed by atoms with van der Waals surface area (Å²) >= 11 is 0. The molecule has 1 saturated heterocycles. The third kappa shape index (κ3) is 3.58. The van der Waals surface area contributed by atoms with E-state index >= 15 is 0 Å². The number of amides is 1. The molecule has 1 aliphatic heterocycles. The first-order valence-electron chi connectivity index (χ1n) is 7.04. The first-order valence-corrected chi connectivity index (χ1v) is 7.04. The third-order valence-corrected chi connectivity index (χ3v) is 3.45. The summed E-state index contributed by atoms with van der Waals surface area (Å²) in [7, 11) is 3.12. The molecule has 6 nitrogen and oxygen atoms in total. The SMILES string of the molecule is COc1cccc(OC)c1OC(C)C(=O)N1CCNCC1. The molecule has 0 spiro atoms. The number of methoxy groups -OCH3 is 2. The van der Waals surface area contributed by atoms with Crippen LogP contribution in [0.25, 0.3) is 0 Å². The number of nitrogens with zero attached hydrogens (tertiary/aromatic N) is 1. The molecule has 2 rings (SSSR count). The summed E-state index contributed by atoms with van der Waals surface area (Å²) in [6, 6.07) is 5.37. The van der Waals surface area contributed by atoms with E-state index in [9.17, 15) is 4.79 Å².